The van der Waals surface area contributed by atoms with E-state index in [1.807, 2.05) is 19.9 Å². The average Bonchev–Trinajstić information content (AvgIpc) is 2.08. The quantitative estimate of drug-likeness (QED) is 0.665. The Kier molecular flexibility index (Phi) is 3.31. The number of hydrogen-bond acceptors (Lipinski definition) is 3. The second kappa shape index (κ2) is 4.50. The number of carbonyl (C=O) groups is 1. The number of benzene rings is 1. The van der Waals surface area contributed by atoms with Gasteiger partial charge < -0.3 is 9.47 Å². The lowest BCUT2D eigenvalue weighted by molar-refractivity contribution is -0.120. The van der Waals surface area contributed by atoms with Crippen LogP contribution in [0.4, 0.5) is 0 Å². The normalized spacial score (nSPS) is 9.77. The van der Waals surface area contributed by atoms with Crippen molar-refractivity contribution in [1.82, 2.24) is 0 Å². The van der Waals surface area contributed by atoms with Gasteiger partial charge in [0.2, 0.25) is 0 Å². The molecule has 1 rings (SSSR count). The molecule has 0 heterocycles. The predicted molar refractivity (Wildman–Crippen MR) is 48.9 cm³/mol. The van der Waals surface area contributed by atoms with E-state index in [0.717, 1.165) is 0 Å². The van der Waals surface area contributed by atoms with E-state index in [1.165, 1.54) is 0 Å². The number of hydrogen-bond donors (Lipinski definition) is 0. The van der Waals surface area contributed by atoms with Gasteiger partial charge in [-0.2, -0.15) is 0 Å². The summed E-state index contributed by atoms with van der Waals surface area (Å²) < 4.78 is 10.1. The molecular weight excluding hydrogens is 168 g/mol. The molecule has 0 radical (unpaired) electrons. The van der Waals surface area contributed by atoms with Crippen LogP contribution in [0.1, 0.15) is 13.8 Å². The van der Waals surface area contributed by atoms with Crippen LogP contribution in [0.25, 0.3) is 0 Å². The molecule has 0 unspecified atom stereocenters. The van der Waals surface area contributed by atoms with Crippen molar-refractivity contribution in [2.75, 3.05) is 0 Å². The zero-order valence-corrected chi connectivity index (χ0v) is 7.69. The van der Waals surface area contributed by atoms with Crippen LogP contribution in [0.15, 0.2) is 24.3 Å². The standard InChI is InChI=1S/C10H12O3/c1-8(2)13-10-6-4-3-5-9(10)12-7-11/h3-8H,1-2H3. The lowest BCUT2D eigenvalue weighted by atomic mass is 10.3. The average molecular weight is 180 g/mol. The molecule has 0 N–H and O–H groups in total. The van der Waals surface area contributed by atoms with Crippen LogP contribution in [-0.2, 0) is 4.79 Å². The van der Waals surface area contributed by atoms with Crippen molar-refractivity contribution in [3.8, 4) is 11.5 Å². The fourth-order valence-corrected chi connectivity index (χ4v) is 0.951. The van der Waals surface area contributed by atoms with Crippen molar-refractivity contribution in [2.45, 2.75) is 20.0 Å². The number of rotatable bonds is 4. The van der Waals surface area contributed by atoms with Crippen LogP contribution in [0, 0.1) is 0 Å². The zero-order chi connectivity index (χ0) is 9.68. The van der Waals surface area contributed by atoms with E-state index in [4.69, 9.17) is 9.47 Å². The summed E-state index contributed by atoms with van der Waals surface area (Å²) in [6, 6.07) is 7.06. The van der Waals surface area contributed by atoms with Gasteiger partial charge >= 0.3 is 0 Å². The first-order valence-electron chi connectivity index (χ1n) is 4.10. The summed E-state index contributed by atoms with van der Waals surface area (Å²) in [5.74, 6) is 1.04. The van der Waals surface area contributed by atoms with Crippen molar-refractivity contribution in [3.63, 3.8) is 0 Å². The van der Waals surface area contributed by atoms with Gasteiger partial charge in [0.1, 0.15) is 0 Å². The van der Waals surface area contributed by atoms with Crippen LogP contribution >= 0.6 is 0 Å². The molecule has 0 saturated heterocycles. The van der Waals surface area contributed by atoms with Gasteiger partial charge in [0.25, 0.3) is 6.47 Å². The van der Waals surface area contributed by atoms with Gasteiger partial charge in [0.15, 0.2) is 11.5 Å². The van der Waals surface area contributed by atoms with E-state index >= 15 is 0 Å². The van der Waals surface area contributed by atoms with Crippen LogP contribution in [-0.4, -0.2) is 12.6 Å². The Balaban J connectivity index is 2.83. The fraction of sp³-hybridized carbons (Fsp3) is 0.300. The first-order chi connectivity index (χ1) is 6.24. The molecule has 0 aliphatic rings. The third kappa shape index (κ3) is 2.78. The minimum Gasteiger partial charge on any atom is -0.487 e. The third-order valence-electron chi connectivity index (χ3n) is 1.39. The Morgan fingerprint density at radius 1 is 1.23 bits per heavy atom. The Hall–Kier alpha value is -1.51. The van der Waals surface area contributed by atoms with Gasteiger partial charge in [-0.25, -0.2) is 0 Å². The van der Waals surface area contributed by atoms with Crippen molar-refractivity contribution >= 4 is 6.47 Å². The molecular formula is C10H12O3. The molecule has 0 spiro atoms. The minimum absolute atomic E-state index is 0.0661. The highest BCUT2D eigenvalue weighted by Crippen LogP contribution is 2.26. The summed E-state index contributed by atoms with van der Waals surface area (Å²) in [6.45, 7) is 4.22. The monoisotopic (exact) mass is 180 g/mol. The predicted octanol–water partition coefficient (Wildman–Crippen LogP) is 2.01. The fourth-order valence-electron chi connectivity index (χ4n) is 0.951. The van der Waals surface area contributed by atoms with Gasteiger partial charge in [-0.3, -0.25) is 4.79 Å². The highest BCUT2D eigenvalue weighted by molar-refractivity contribution is 5.50. The number of ether oxygens (including phenoxy) is 2. The molecule has 0 aliphatic carbocycles. The molecule has 1 aromatic carbocycles. The lowest BCUT2D eigenvalue weighted by Crippen LogP contribution is -2.06. The molecule has 13 heavy (non-hydrogen) atoms. The molecule has 0 saturated carbocycles. The molecule has 0 aromatic heterocycles. The summed E-state index contributed by atoms with van der Waals surface area (Å²) in [5.41, 5.74) is 0. The van der Waals surface area contributed by atoms with Crippen LogP contribution in [0.2, 0.25) is 0 Å². The lowest BCUT2D eigenvalue weighted by Gasteiger charge is -2.11. The van der Waals surface area contributed by atoms with Gasteiger partial charge in [0, 0.05) is 0 Å². The highest BCUT2D eigenvalue weighted by atomic mass is 16.5. The molecule has 70 valence electrons. The minimum atomic E-state index is 0.0661. The summed E-state index contributed by atoms with van der Waals surface area (Å²) in [7, 11) is 0. The smallest absolute Gasteiger partial charge is 0.298 e. The largest absolute Gasteiger partial charge is 0.487 e. The van der Waals surface area contributed by atoms with Crippen molar-refractivity contribution < 1.29 is 14.3 Å². The maximum Gasteiger partial charge on any atom is 0.298 e. The molecule has 3 nitrogen and oxygen atoms in total. The molecule has 0 fully saturated rings. The van der Waals surface area contributed by atoms with Crippen LogP contribution in [0.3, 0.4) is 0 Å². The summed E-state index contributed by atoms with van der Waals surface area (Å²) >= 11 is 0. The SMILES string of the molecule is CC(C)Oc1ccccc1OC=O. The molecule has 1 aromatic rings. The van der Waals surface area contributed by atoms with E-state index in [0.29, 0.717) is 18.0 Å². The summed E-state index contributed by atoms with van der Waals surface area (Å²) in [4.78, 5) is 10.1. The Morgan fingerprint density at radius 2 is 1.85 bits per heavy atom. The topological polar surface area (TPSA) is 35.5 Å². The van der Waals surface area contributed by atoms with Crippen LogP contribution in [0.5, 0.6) is 11.5 Å². The van der Waals surface area contributed by atoms with E-state index in [-0.39, 0.29) is 6.10 Å². The second-order valence-corrected chi connectivity index (χ2v) is 2.83. The maximum absolute atomic E-state index is 10.1. The first kappa shape index (κ1) is 9.58. The first-order valence-corrected chi connectivity index (χ1v) is 4.10. The van der Waals surface area contributed by atoms with Gasteiger partial charge in [-0.15, -0.1) is 0 Å². The molecule has 0 aliphatic heterocycles. The maximum atomic E-state index is 10.1. The number of carbonyl (C=O) groups excluding carboxylic acids is 1. The van der Waals surface area contributed by atoms with E-state index in [1.54, 1.807) is 18.2 Å². The third-order valence-corrected chi connectivity index (χ3v) is 1.39. The van der Waals surface area contributed by atoms with Gasteiger partial charge in [-0.1, -0.05) is 12.1 Å². The zero-order valence-electron chi connectivity index (χ0n) is 7.69. The molecule has 0 bridgehead atoms. The Bertz CT molecular complexity index is 281. The molecule has 0 amide bonds. The summed E-state index contributed by atoms with van der Waals surface area (Å²) in [6.07, 6.45) is 0.0661. The van der Waals surface area contributed by atoms with Crippen LogP contribution < -0.4 is 9.47 Å². The Morgan fingerprint density at radius 3 is 2.38 bits per heavy atom. The number of para-hydroxylation sites is 2. The van der Waals surface area contributed by atoms with Gasteiger partial charge in [-0.05, 0) is 26.0 Å². The molecule has 3 heteroatoms. The van der Waals surface area contributed by atoms with E-state index < -0.39 is 0 Å². The molecule has 0 atom stereocenters. The van der Waals surface area contributed by atoms with Crippen molar-refractivity contribution in [1.29, 1.82) is 0 Å². The second-order valence-electron chi connectivity index (χ2n) is 2.83. The van der Waals surface area contributed by atoms with E-state index in [9.17, 15) is 4.79 Å². The van der Waals surface area contributed by atoms with Gasteiger partial charge in [0.05, 0.1) is 6.10 Å². The van der Waals surface area contributed by atoms with E-state index in [2.05, 4.69) is 0 Å². The highest BCUT2D eigenvalue weighted by Gasteiger charge is 2.04. The van der Waals surface area contributed by atoms with Crippen molar-refractivity contribution in [2.24, 2.45) is 0 Å². The van der Waals surface area contributed by atoms with Crippen molar-refractivity contribution in [3.05, 3.63) is 24.3 Å². The Labute approximate surface area is 77.3 Å². The summed E-state index contributed by atoms with van der Waals surface area (Å²) in [5, 5.41) is 0.